The van der Waals surface area contributed by atoms with Gasteiger partial charge in [0, 0.05) is 0 Å². The maximum Gasteiger partial charge on any atom is 0.335 e. The van der Waals surface area contributed by atoms with Crippen molar-refractivity contribution in [3.05, 3.63) is 77.8 Å². The van der Waals surface area contributed by atoms with Crippen LogP contribution in [-0.4, -0.2) is 17.3 Å². The minimum atomic E-state index is -0.985. The number of furan rings is 1. The molecule has 0 atom stereocenters. The van der Waals surface area contributed by atoms with Crippen molar-refractivity contribution in [2.75, 3.05) is 5.43 Å². The molecule has 1 aromatic heterocycles. The van der Waals surface area contributed by atoms with Crippen LogP contribution >= 0.6 is 0 Å². The quantitative estimate of drug-likeness (QED) is 0.544. The Labute approximate surface area is 137 Å². The standard InChI is InChI=1S/C18H13FN2O3/c19-16-4-2-1-3-15(16)17-10-9-14(24-17)11-20-21-13-7-5-12(6-8-13)18(22)23/h1-11,21H,(H,22,23)/b20-11+. The number of carboxylic acids is 1. The Morgan fingerprint density at radius 3 is 2.54 bits per heavy atom. The van der Waals surface area contributed by atoms with Crippen LogP contribution in [0, 0.1) is 5.82 Å². The third kappa shape index (κ3) is 3.49. The van der Waals surface area contributed by atoms with E-state index in [0.717, 1.165) is 0 Å². The third-order valence-electron chi connectivity index (χ3n) is 3.28. The number of aromatic carboxylic acids is 1. The Bertz CT molecular complexity index is 885. The van der Waals surface area contributed by atoms with Gasteiger partial charge in [-0.3, -0.25) is 5.43 Å². The summed E-state index contributed by atoms with van der Waals surface area (Å²) in [4.78, 5) is 10.8. The molecule has 3 rings (SSSR count). The zero-order chi connectivity index (χ0) is 16.9. The van der Waals surface area contributed by atoms with E-state index in [4.69, 9.17) is 9.52 Å². The molecule has 0 spiro atoms. The highest BCUT2D eigenvalue weighted by Crippen LogP contribution is 2.24. The van der Waals surface area contributed by atoms with E-state index < -0.39 is 5.97 Å². The van der Waals surface area contributed by atoms with Crippen molar-refractivity contribution < 1.29 is 18.7 Å². The van der Waals surface area contributed by atoms with E-state index in [1.807, 2.05) is 0 Å². The molecular formula is C18H13FN2O3. The molecule has 120 valence electrons. The summed E-state index contributed by atoms with van der Waals surface area (Å²) in [7, 11) is 0. The van der Waals surface area contributed by atoms with Crippen molar-refractivity contribution in [2.24, 2.45) is 5.10 Å². The summed E-state index contributed by atoms with van der Waals surface area (Å²) in [6.07, 6.45) is 1.45. The number of benzene rings is 2. The zero-order valence-electron chi connectivity index (χ0n) is 12.4. The first-order chi connectivity index (χ1) is 11.6. The van der Waals surface area contributed by atoms with E-state index in [9.17, 15) is 9.18 Å². The van der Waals surface area contributed by atoms with Gasteiger partial charge in [0.15, 0.2) is 0 Å². The number of carbonyl (C=O) groups is 1. The molecule has 0 unspecified atom stereocenters. The molecule has 0 amide bonds. The van der Waals surface area contributed by atoms with E-state index in [-0.39, 0.29) is 11.4 Å². The maximum absolute atomic E-state index is 13.7. The molecule has 0 aliphatic carbocycles. The van der Waals surface area contributed by atoms with Crippen LogP contribution in [0.25, 0.3) is 11.3 Å². The lowest BCUT2D eigenvalue weighted by atomic mass is 10.1. The fourth-order valence-corrected chi connectivity index (χ4v) is 2.09. The first-order valence-electron chi connectivity index (χ1n) is 7.10. The average molecular weight is 324 g/mol. The number of rotatable bonds is 5. The number of halogens is 1. The number of anilines is 1. The molecule has 24 heavy (non-hydrogen) atoms. The lowest BCUT2D eigenvalue weighted by Crippen LogP contribution is -1.96. The summed E-state index contributed by atoms with van der Waals surface area (Å²) in [6.45, 7) is 0. The highest BCUT2D eigenvalue weighted by atomic mass is 19.1. The highest BCUT2D eigenvalue weighted by molar-refractivity contribution is 5.88. The van der Waals surface area contributed by atoms with Crippen LogP contribution in [0.1, 0.15) is 16.1 Å². The fourth-order valence-electron chi connectivity index (χ4n) is 2.09. The summed E-state index contributed by atoms with van der Waals surface area (Å²) >= 11 is 0. The summed E-state index contributed by atoms with van der Waals surface area (Å²) in [5.41, 5.74) is 3.98. The zero-order valence-corrected chi connectivity index (χ0v) is 12.4. The van der Waals surface area contributed by atoms with Crippen LogP contribution in [-0.2, 0) is 0 Å². The number of hydrogen-bond donors (Lipinski definition) is 2. The molecule has 2 N–H and O–H groups in total. The lowest BCUT2D eigenvalue weighted by molar-refractivity contribution is 0.0697. The number of hydrazone groups is 1. The van der Waals surface area contributed by atoms with Crippen LogP contribution in [0.15, 0.2) is 70.2 Å². The predicted molar refractivity (Wildman–Crippen MR) is 88.7 cm³/mol. The van der Waals surface area contributed by atoms with Gasteiger partial charge < -0.3 is 9.52 Å². The Kier molecular flexibility index (Phi) is 4.38. The number of nitrogens with one attached hydrogen (secondary N) is 1. The molecule has 6 heteroatoms. The average Bonchev–Trinajstić information content (AvgIpc) is 3.04. The van der Waals surface area contributed by atoms with Gasteiger partial charge in [0.05, 0.1) is 23.0 Å². The molecule has 2 aromatic carbocycles. The van der Waals surface area contributed by atoms with Gasteiger partial charge in [-0.25, -0.2) is 9.18 Å². The summed E-state index contributed by atoms with van der Waals surface area (Å²) in [5.74, 6) is -0.462. The molecule has 0 saturated carbocycles. The van der Waals surface area contributed by atoms with E-state index in [1.165, 1.54) is 24.4 Å². The van der Waals surface area contributed by atoms with Gasteiger partial charge in [-0.2, -0.15) is 5.10 Å². The molecule has 0 radical (unpaired) electrons. The Morgan fingerprint density at radius 2 is 1.83 bits per heavy atom. The SMILES string of the molecule is O=C(O)c1ccc(N/N=C/c2ccc(-c3ccccc3F)o2)cc1. The molecule has 1 heterocycles. The van der Waals surface area contributed by atoms with Crippen LogP contribution in [0.4, 0.5) is 10.1 Å². The van der Waals surface area contributed by atoms with Gasteiger partial charge in [-0.15, -0.1) is 0 Å². The van der Waals surface area contributed by atoms with Gasteiger partial charge >= 0.3 is 5.97 Å². The summed E-state index contributed by atoms with van der Waals surface area (Å²) in [6, 6.07) is 15.9. The third-order valence-corrected chi connectivity index (χ3v) is 3.28. The number of carboxylic acid groups (broad SMARTS) is 1. The van der Waals surface area contributed by atoms with Crippen molar-refractivity contribution in [1.29, 1.82) is 0 Å². The predicted octanol–water partition coefficient (Wildman–Crippen LogP) is 4.23. The first-order valence-corrected chi connectivity index (χ1v) is 7.10. The smallest absolute Gasteiger partial charge is 0.335 e. The van der Waals surface area contributed by atoms with E-state index in [1.54, 1.807) is 42.5 Å². The Morgan fingerprint density at radius 1 is 1.08 bits per heavy atom. The van der Waals surface area contributed by atoms with Crippen LogP contribution in [0.2, 0.25) is 0 Å². The van der Waals surface area contributed by atoms with Crippen molar-refractivity contribution in [2.45, 2.75) is 0 Å². The second-order valence-electron chi connectivity index (χ2n) is 4.93. The van der Waals surface area contributed by atoms with Gasteiger partial charge in [0.25, 0.3) is 0 Å². The second kappa shape index (κ2) is 6.78. The Hall–Kier alpha value is -3.41. The van der Waals surface area contributed by atoms with Crippen LogP contribution < -0.4 is 5.43 Å². The number of nitrogens with zero attached hydrogens (tertiary/aromatic N) is 1. The van der Waals surface area contributed by atoms with E-state index in [2.05, 4.69) is 10.5 Å². The fraction of sp³-hybridized carbons (Fsp3) is 0. The van der Waals surface area contributed by atoms with Gasteiger partial charge in [-0.1, -0.05) is 12.1 Å². The monoisotopic (exact) mass is 324 g/mol. The van der Waals surface area contributed by atoms with Crippen molar-refractivity contribution in [3.8, 4) is 11.3 Å². The number of hydrogen-bond acceptors (Lipinski definition) is 4. The minimum absolute atomic E-state index is 0.199. The summed E-state index contributed by atoms with van der Waals surface area (Å²) < 4.78 is 19.2. The molecule has 0 saturated heterocycles. The lowest BCUT2D eigenvalue weighted by Gasteiger charge is -2.00. The van der Waals surface area contributed by atoms with Crippen LogP contribution in [0.5, 0.6) is 0 Å². The second-order valence-corrected chi connectivity index (χ2v) is 4.93. The molecule has 0 aliphatic rings. The van der Waals surface area contributed by atoms with E-state index in [0.29, 0.717) is 22.8 Å². The molecule has 3 aromatic rings. The van der Waals surface area contributed by atoms with Crippen molar-refractivity contribution in [3.63, 3.8) is 0 Å². The topological polar surface area (TPSA) is 74.8 Å². The van der Waals surface area contributed by atoms with Gasteiger partial charge in [-0.05, 0) is 48.5 Å². The first kappa shape index (κ1) is 15.5. The maximum atomic E-state index is 13.7. The molecule has 0 bridgehead atoms. The largest absolute Gasteiger partial charge is 0.478 e. The molecular weight excluding hydrogens is 311 g/mol. The van der Waals surface area contributed by atoms with Gasteiger partial charge in [0.2, 0.25) is 0 Å². The van der Waals surface area contributed by atoms with Crippen LogP contribution in [0.3, 0.4) is 0 Å². The van der Waals surface area contributed by atoms with Crippen molar-refractivity contribution in [1.82, 2.24) is 0 Å². The normalized spacial score (nSPS) is 10.9. The highest BCUT2D eigenvalue weighted by Gasteiger charge is 2.08. The summed E-state index contributed by atoms with van der Waals surface area (Å²) in [5, 5.41) is 12.8. The minimum Gasteiger partial charge on any atom is -0.478 e. The molecule has 5 nitrogen and oxygen atoms in total. The molecule has 0 fully saturated rings. The van der Waals surface area contributed by atoms with E-state index >= 15 is 0 Å². The Balaban J connectivity index is 1.67. The van der Waals surface area contributed by atoms with Crippen molar-refractivity contribution >= 4 is 17.9 Å². The molecule has 0 aliphatic heterocycles. The van der Waals surface area contributed by atoms with Gasteiger partial charge in [0.1, 0.15) is 17.3 Å².